The van der Waals surface area contributed by atoms with E-state index in [9.17, 15) is 5.11 Å². The molecule has 0 saturated heterocycles. The zero-order valence-electron chi connectivity index (χ0n) is 29.4. The lowest BCUT2D eigenvalue weighted by atomic mass is 9.37. The molecule has 0 aromatic heterocycles. The maximum absolute atomic E-state index is 11.0. The lowest BCUT2D eigenvalue weighted by Crippen LogP contribution is -2.62. The molecule has 2 aromatic rings. The van der Waals surface area contributed by atoms with E-state index in [-0.39, 0.29) is 11.5 Å². The number of aliphatic hydroxyl groups excluding tert-OH is 1. The van der Waals surface area contributed by atoms with Gasteiger partial charge in [0.2, 0.25) is 0 Å². The standard InChI is InChI=1S/C43H64O/c1-30(2)19-25-43(28-34-10-8-9-33(27-34)16-15-32-13-11-31(3)12-14-32)26-20-36-35(29-43)17-18-38-41(36,6)23-21-37-40(4,5)39(44)22-24-42(37,38)7/h8-14,27,30,35-39,44H,15-26,28-29H2,1-7H3. The predicted molar refractivity (Wildman–Crippen MR) is 187 cm³/mol. The highest BCUT2D eigenvalue weighted by atomic mass is 16.3. The minimum absolute atomic E-state index is 0.0540. The zero-order chi connectivity index (χ0) is 31.3. The second kappa shape index (κ2) is 12.2. The van der Waals surface area contributed by atoms with E-state index in [1.165, 1.54) is 87.3 Å². The van der Waals surface area contributed by atoms with Crippen LogP contribution in [0.25, 0.3) is 0 Å². The van der Waals surface area contributed by atoms with Gasteiger partial charge in [0.1, 0.15) is 0 Å². The topological polar surface area (TPSA) is 20.2 Å². The SMILES string of the molecule is Cc1ccc(CCc2cccc(CC3(CCC(C)C)CCC4C(CCC5C4(C)CCC4C(C)(C)C(O)CCC45C)C3)c2)cc1. The third kappa shape index (κ3) is 5.98. The van der Waals surface area contributed by atoms with Crippen LogP contribution in [0.5, 0.6) is 0 Å². The molecule has 2 aromatic carbocycles. The summed E-state index contributed by atoms with van der Waals surface area (Å²) in [6, 6.07) is 18.8. The van der Waals surface area contributed by atoms with Crippen LogP contribution >= 0.6 is 0 Å². The summed E-state index contributed by atoms with van der Waals surface area (Å²) in [5, 5.41) is 11.0. The molecule has 0 spiro atoms. The molecule has 1 nitrogen and oxygen atoms in total. The van der Waals surface area contributed by atoms with Gasteiger partial charge < -0.3 is 5.11 Å². The minimum atomic E-state index is -0.126. The van der Waals surface area contributed by atoms with Gasteiger partial charge in [0, 0.05) is 0 Å². The van der Waals surface area contributed by atoms with Crippen LogP contribution in [0.2, 0.25) is 0 Å². The van der Waals surface area contributed by atoms with E-state index >= 15 is 0 Å². The van der Waals surface area contributed by atoms with Crippen LogP contribution in [-0.4, -0.2) is 11.2 Å². The van der Waals surface area contributed by atoms with Crippen LogP contribution in [0.15, 0.2) is 48.5 Å². The summed E-state index contributed by atoms with van der Waals surface area (Å²) in [6.45, 7) is 17.2. The summed E-state index contributed by atoms with van der Waals surface area (Å²) in [4.78, 5) is 0. The third-order valence-corrected chi connectivity index (χ3v) is 14.6. The van der Waals surface area contributed by atoms with Gasteiger partial charge in [0.05, 0.1) is 6.10 Å². The lowest BCUT2D eigenvalue weighted by Gasteiger charge is -2.68. The molecule has 1 heteroatoms. The molecular weight excluding hydrogens is 532 g/mol. The van der Waals surface area contributed by atoms with Crippen molar-refractivity contribution in [2.45, 2.75) is 144 Å². The molecule has 0 amide bonds. The minimum Gasteiger partial charge on any atom is -0.393 e. The Morgan fingerprint density at radius 1 is 0.750 bits per heavy atom. The molecule has 4 aliphatic rings. The average Bonchev–Trinajstić information content (AvgIpc) is 2.98. The van der Waals surface area contributed by atoms with Crippen molar-refractivity contribution < 1.29 is 5.11 Å². The van der Waals surface area contributed by atoms with Gasteiger partial charge in [-0.15, -0.1) is 0 Å². The fourth-order valence-electron chi connectivity index (χ4n) is 12.2. The summed E-state index contributed by atoms with van der Waals surface area (Å²) >= 11 is 0. The summed E-state index contributed by atoms with van der Waals surface area (Å²) in [5.74, 6) is 4.06. The van der Waals surface area contributed by atoms with Crippen LogP contribution in [-0.2, 0) is 19.3 Å². The first kappa shape index (κ1) is 32.3. The van der Waals surface area contributed by atoms with Crippen molar-refractivity contribution in [2.75, 3.05) is 0 Å². The van der Waals surface area contributed by atoms with E-state index in [2.05, 4.69) is 97.0 Å². The molecule has 6 rings (SSSR count). The van der Waals surface area contributed by atoms with E-state index in [0.717, 1.165) is 42.9 Å². The highest BCUT2D eigenvalue weighted by molar-refractivity contribution is 5.28. The molecular formula is C43H64O. The maximum atomic E-state index is 11.0. The van der Waals surface area contributed by atoms with Crippen LogP contribution in [0, 0.1) is 58.2 Å². The van der Waals surface area contributed by atoms with Crippen molar-refractivity contribution in [3.8, 4) is 0 Å². The van der Waals surface area contributed by atoms with E-state index in [1.54, 1.807) is 5.56 Å². The molecule has 0 aliphatic heterocycles. The lowest BCUT2D eigenvalue weighted by molar-refractivity contribution is -0.209. The van der Waals surface area contributed by atoms with Gasteiger partial charge in [0.25, 0.3) is 0 Å². The highest BCUT2D eigenvalue weighted by Gasteiger charge is 2.64. The Morgan fingerprint density at radius 2 is 1.45 bits per heavy atom. The van der Waals surface area contributed by atoms with Crippen LogP contribution < -0.4 is 0 Å². The molecule has 44 heavy (non-hydrogen) atoms. The maximum Gasteiger partial charge on any atom is 0.0594 e. The first-order valence-corrected chi connectivity index (χ1v) is 18.7. The Morgan fingerprint density at radius 3 is 2.20 bits per heavy atom. The highest BCUT2D eigenvalue weighted by Crippen LogP contribution is 2.71. The van der Waals surface area contributed by atoms with Gasteiger partial charge in [-0.2, -0.15) is 0 Å². The molecule has 4 saturated carbocycles. The average molecular weight is 597 g/mol. The van der Waals surface area contributed by atoms with E-state index in [4.69, 9.17) is 0 Å². The van der Waals surface area contributed by atoms with E-state index < -0.39 is 0 Å². The molecule has 0 heterocycles. The van der Waals surface area contributed by atoms with Crippen LogP contribution in [0.4, 0.5) is 0 Å². The number of hydrogen-bond acceptors (Lipinski definition) is 1. The quantitative estimate of drug-likeness (QED) is 0.321. The zero-order valence-corrected chi connectivity index (χ0v) is 29.4. The first-order valence-electron chi connectivity index (χ1n) is 18.7. The van der Waals surface area contributed by atoms with E-state index in [1.807, 2.05) is 0 Å². The summed E-state index contributed by atoms with van der Waals surface area (Å²) in [5.41, 5.74) is 7.28. The summed E-state index contributed by atoms with van der Waals surface area (Å²) in [7, 11) is 0. The van der Waals surface area contributed by atoms with Crippen molar-refractivity contribution in [1.29, 1.82) is 0 Å². The van der Waals surface area contributed by atoms with Gasteiger partial charge in [-0.1, -0.05) is 102 Å². The van der Waals surface area contributed by atoms with Crippen molar-refractivity contribution in [2.24, 2.45) is 51.2 Å². The molecule has 0 radical (unpaired) electrons. The van der Waals surface area contributed by atoms with Crippen molar-refractivity contribution in [3.63, 3.8) is 0 Å². The van der Waals surface area contributed by atoms with Gasteiger partial charge in [-0.3, -0.25) is 0 Å². The van der Waals surface area contributed by atoms with Crippen molar-refractivity contribution in [3.05, 3.63) is 70.8 Å². The largest absolute Gasteiger partial charge is 0.393 e. The smallest absolute Gasteiger partial charge is 0.0594 e. The Kier molecular flexibility index (Phi) is 8.97. The fraction of sp³-hybridized carbons (Fsp3) is 0.721. The Bertz CT molecular complexity index is 1270. The second-order valence-corrected chi connectivity index (χ2v) is 18.1. The normalized spacial score (nSPS) is 38.1. The number of aliphatic hydroxyl groups is 1. The Balaban J connectivity index is 1.19. The molecule has 0 bridgehead atoms. The molecule has 242 valence electrons. The first-order chi connectivity index (χ1) is 20.8. The van der Waals surface area contributed by atoms with E-state index in [0.29, 0.717) is 22.2 Å². The Labute approximate surface area is 271 Å². The van der Waals surface area contributed by atoms with Gasteiger partial charge in [0.15, 0.2) is 0 Å². The number of benzene rings is 2. The van der Waals surface area contributed by atoms with Gasteiger partial charge >= 0.3 is 0 Å². The van der Waals surface area contributed by atoms with Gasteiger partial charge in [-0.05, 0) is 158 Å². The molecule has 1 N–H and O–H groups in total. The number of fused-ring (bicyclic) bond motifs is 5. The monoisotopic (exact) mass is 596 g/mol. The Hall–Kier alpha value is -1.60. The summed E-state index contributed by atoms with van der Waals surface area (Å²) < 4.78 is 0. The van der Waals surface area contributed by atoms with Gasteiger partial charge in [-0.25, -0.2) is 0 Å². The molecule has 8 unspecified atom stereocenters. The second-order valence-electron chi connectivity index (χ2n) is 18.1. The molecule has 8 atom stereocenters. The number of aryl methyl sites for hydroxylation is 3. The molecule has 4 fully saturated rings. The van der Waals surface area contributed by atoms with Crippen molar-refractivity contribution in [1.82, 2.24) is 0 Å². The van der Waals surface area contributed by atoms with Crippen LogP contribution in [0.3, 0.4) is 0 Å². The number of rotatable bonds is 8. The molecule has 4 aliphatic carbocycles. The number of hydrogen-bond donors (Lipinski definition) is 1. The fourth-order valence-corrected chi connectivity index (χ4v) is 12.2. The van der Waals surface area contributed by atoms with Crippen molar-refractivity contribution >= 4 is 0 Å². The predicted octanol–water partition coefficient (Wildman–Crippen LogP) is 11.2. The summed E-state index contributed by atoms with van der Waals surface area (Å²) in [6.07, 6.45) is 18.3. The van der Waals surface area contributed by atoms with Crippen LogP contribution in [0.1, 0.15) is 134 Å². The third-order valence-electron chi connectivity index (χ3n) is 14.6.